The first-order valence-electron chi connectivity index (χ1n) is 7.02. The van der Waals surface area contributed by atoms with E-state index in [1.54, 1.807) is 12.1 Å². The first-order valence-corrected chi connectivity index (χ1v) is 7.02. The Morgan fingerprint density at radius 2 is 2.00 bits per heavy atom. The Labute approximate surface area is 128 Å². The van der Waals surface area contributed by atoms with Gasteiger partial charge >= 0.3 is 0 Å². The van der Waals surface area contributed by atoms with Gasteiger partial charge < -0.3 is 10.7 Å². The molecule has 0 aromatic heterocycles. The van der Waals surface area contributed by atoms with Gasteiger partial charge in [-0.3, -0.25) is 19.7 Å². The van der Waals surface area contributed by atoms with Gasteiger partial charge in [-0.25, -0.2) is 0 Å². The third kappa shape index (κ3) is 4.12. The van der Waals surface area contributed by atoms with Crippen LogP contribution < -0.4 is 10.6 Å². The molecule has 1 aliphatic rings. The van der Waals surface area contributed by atoms with Crippen molar-refractivity contribution in [2.45, 2.75) is 25.3 Å². The fourth-order valence-electron chi connectivity index (χ4n) is 2.22. The maximum absolute atomic E-state index is 12.0. The average Bonchev–Trinajstić information content (AvgIpc) is 2.67. The molecule has 1 aromatic rings. The van der Waals surface area contributed by atoms with Gasteiger partial charge in [-0.05, 0) is 18.4 Å². The highest BCUT2D eigenvalue weighted by atomic mass is 16.2. The molecule has 1 fully saturated rings. The van der Waals surface area contributed by atoms with Crippen molar-refractivity contribution in [2.24, 2.45) is 0 Å². The standard InChI is InChI=1S/C16H17N3O3/c17-10-12(11-5-2-1-3-6-11)9-15(21)18-13-7-4-8-14(20)19-16(13)22/h1-3,5-6,9-10,13,17H,4,7-8H2,(H,18,21)(H,19,20,22)/b12-9+,17-10?. The van der Waals surface area contributed by atoms with Gasteiger partial charge in [-0.1, -0.05) is 30.3 Å². The van der Waals surface area contributed by atoms with Gasteiger partial charge in [0, 0.05) is 24.3 Å². The molecule has 0 radical (unpaired) electrons. The van der Waals surface area contributed by atoms with Crippen molar-refractivity contribution in [3.05, 3.63) is 42.0 Å². The van der Waals surface area contributed by atoms with E-state index in [0.717, 1.165) is 11.8 Å². The molecular weight excluding hydrogens is 282 g/mol. The molecule has 6 nitrogen and oxygen atoms in total. The van der Waals surface area contributed by atoms with Gasteiger partial charge in [-0.2, -0.15) is 0 Å². The van der Waals surface area contributed by atoms with E-state index >= 15 is 0 Å². The number of rotatable bonds is 4. The van der Waals surface area contributed by atoms with E-state index < -0.39 is 17.9 Å². The van der Waals surface area contributed by atoms with Crippen LogP contribution >= 0.6 is 0 Å². The second-order valence-electron chi connectivity index (χ2n) is 4.98. The predicted octanol–water partition coefficient (Wildman–Crippen LogP) is 1.03. The van der Waals surface area contributed by atoms with E-state index in [2.05, 4.69) is 10.6 Å². The molecule has 6 heteroatoms. The summed E-state index contributed by atoms with van der Waals surface area (Å²) in [5.41, 5.74) is 1.19. The molecule has 1 unspecified atom stereocenters. The second kappa shape index (κ2) is 7.31. The summed E-state index contributed by atoms with van der Waals surface area (Å²) < 4.78 is 0. The zero-order valence-corrected chi connectivity index (χ0v) is 12.0. The number of carbonyl (C=O) groups is 3. The first-order chi connectivity index (χ1) is 10.6. The van der Waals surface area contributed by atoms with Gasteiger partial charge in [0.15, 0.2) is 0 Å². The van der Waals surface area contributed by atoms with Crippen molar-refractivity contribution in [3.8, 4) is 0 Å². The normalized spacial score (nSPS) is 19.1. The summed E-state index contributed by atoms with van der Waals surface area (Å²) in [4.78, 5) is 35.1. The smallest absolute Gasteiger partial charge is 0.249 e. The minimum absolute atomic E-state index is 0.281. The maximum atomic E-state index is 12.0. The zero-order chi connectivity index (χ0) is 15.9. The van der Waals surface area contributed by atoms with Crippen LogP contribution in [0.2, 0.25) is 0 Å². The van der Waals surface area contributed by atoms with Gasteiger partial charge in [0.05, 0.1) is 0 Å². The highest BCUT2D eigenvalue weighted by molar-refractivity contribution is 6.15. The zero-order valence-electron chi connectivity index (χ0n) is 12.0. The summed E-state index contributed by atoms with van der Waals surface area (Å²) >= 11 is 0. The largest absolute Gasteiger partial charge is 0.341 e. The summed E-state index contributed by atoms with van der Waals surface area (Å²) in [6.45, 7) is 0. The Hall–Kier alpha value is -2.76. The van der Waals surface area contributed by atoms with Gasteiger partial charge in [0.2, 0.25) is 17.7 Å². The van der Waals surface area contributed by atoms with Crippen LogP contribution in [-0.2, 0) is 14.4 Å². The average molecular weight is 299 g/mol. The fraction of sp³-hybridized carbons (Fsp3) is 0.250. The lowest BCUT2D eigenvalue weighted by Gasteiger charge is -2.13. The van der Waals surface area contributed by atoms with Crippen LogP contribution in [0, 0.1) is 5.41 Å². The molecule has 1 aromatic carbocycles. The summed E-state index contributed by atoms with van der Waals surface area (Å²) in [7, 11) is 0. The topological polar surface area (TPSA) is 99.1 Å². The minimum Gasteiger partial charge on any atom is -0.341 e. The van der Waals surface area contributed by atoms with Gasteiger partial charge in [0.25, 0.3) is 0 Å². The molecule has 3 N–H and O–H groups in total. The van der Waals surface area contributed by atoms with E-state index in [9.17, 15) is 14.4 Å². The Balaban J connectivity index is 2.07. The van der Waals surface area contributed by atoms with Gasteiger partial charge in [-0.15, -0.1) is 0 Å². The van der Waals surface area contributed by atoms with E-state index in [4.69, 9.17) is 5.41 Å². The molecule has 1 saturated heterocycles. The highest BCUT2D eigenvalue weighted by Gasteiger charge is 2.25. The Bertz CT molecular complexity index is 623. The summed E-state index contributed by atoms with van der Waals surface area (Å²) in [5, 5.41) is 12.2. The van der Waals surface area contributed by atoms with Crippen LogP contribution in [0.4, 0.5) is 0 Å². The van der Waals surface area contributed by atoms with Crippen molar-refractivity contribution >= 4 is 29.5 Å². The van der Waals surface area contributed by atoms with E-state index in [1.165, 1.54) is 6.08 Å². The number of allylic oxidation sites excluding steroid dienone is 1. The van der Waals surface area contributed by atoms with Gasteiger partial charge in [0.1, 0.15) is 6.04 Å². The number of carbonyl (C=O) groups excluding carboxylic acids is 3. The number of nitrogens with one attached hydrogen (secondary N) is 3. The lowest BCUT2D eigenvalue weighted by atomic mass is 10.1. The molecule has 22 heavy (non-hydrogen) atoms. The Morgan fingerprint density at radius 3 is 2.68 bits per heavy atom. The molecular formula is C16H17N3O3. The molecule has 0 bridgehead atoms. The maximum Gasteiger partial charge on any atom is 0.249 e. The molecule has 3 amide bonds. The third-order valence-electron chi connectivity index (χ3n) is 3.34. The highest BCUT2D eigenvalue weighted by Crippen LogP contribution is 2.12. The number of hydrogen-bond donors (Lipinski definition) is 3. The van der Waals surface area contributed by atoms with Crippen molar-refractivity contribution in [1.29, 1.82) is 5.41 Å². The number of imide groups is 1. The lowest BCUT2D eigenvalue weighted by molar-refractivity contribution is -0.132. The van der Waals surface area contributed by atoms with E-state index in [0.29, 0.717) is 18.4 Å². The number of benzene rings is 1. The molecule has 0 aliphatic carbocycles. The van der Waals surface area contributed by atoms with Crippen LogP contribution in [0.5, 0.6) is 0 Å². The van der Waals surface area contributed by atoms with Crippen LogP contribution in [0.15, 0.2) is 36.4 Å². The number of hydrogen-bond acceptors (Lipinski definition) is 4. The molecule has 2 rings (SSSR count). The monoisotopic (exact) mass is 299 g/mol. The van der Waals surface area contributed by atoms with Crippen molar-refractivity contribution in [2.75, 3.05) is 0 Å². The SMILES string of the molecule is N=C/C(=C\C(=O)NC1CCCC(=O)NC1=O)c1ccccc1. The van der Waals surface area contributed by atoms with E-state index in [1.807, 2.05) is 18.2 Å². The van der Waals surface area contributed by atoms with Crippen LogP contribution in [0.1, 0.15) is 24.8 Å². The predicted molar refractivity (Wildman–Crippen MR) is 82.1 cm³/mol. The first kappa shape index (κ1) is 15.6. The number of amides is 3. The van der Waals surface area contributed by atoms with Crippen LogP contribution in [0.3, 0.4) is 0 Å². The molecule has 1 atom stereocenters. The Morgan fingerprint density at radius 1 is 1.27 bits per heavy atom. The van der Waals surface area contributed by atoms with E-state index in [-0.39, 0.29) is 12.3 Å². The van der Waals surface area contributed by atoms with Crippen molar-refractivity contribution < 1.29 is 14.4 Å². The summed E-state index contributed by atoms with van der Waals surface area (Å²) in [6.07, 6.45) is 3.61. The van der Waals surface area contributed by atoms with Crippen LogP contribution in [-0.4, -0.2) is 30.0 Å². The molecule has 1 heterocycles. The quantitative estimate of drug-likeness (QED) is 0.440. The fourth-order valence-corrected chi connectivity index (χ4v) is 2.22. The summed E-state index contributed by atoms with van der Waals surface area (Å²) in [6, 6.07) is 8.34. The summed E-state index contributed by atoms with van der Waals surface area (Å²) in [5.74, 6) is -1.26. The molecule has 114 valence electrons. The van der Waals surface area contributed by atoms with Crippen molar-refractivity contribution in [1.82, 2.24) is 10.6 Å². The molecule has 0 spiro atoms. The van der Waals surface area contributed by atoms with Crippen molar-refractivity contribution in [3.63, 3.8) is 0 Å². The second-order valence-corrected chi connectivity index (χ2v) is 4.98. The molecule has 1 aliphatic heterocycles. The third-order valence-corrected chi connectivity index (χ3v) is 3.34. The molecule has 0 saturated carbocycles. The minimum atomic E-state index is -0.724. The van der Waals surface area contributed by atoms with Crippen LogP contribution in [0.25, 0.3) is 5.57 Å². The lowest BCUT2D eigenvalue weighted by Crippen LogP contribution is -2.46. The Kier molecular flexibility index (Phi) is 5.19.